The van der Waals surface area contributed by atoms with Crippen LogP contribution in [0.25, 0.3) is 10.9 Å². The van der Waals surface area contributed by atoms with Gasteiger partial charge in [-0.2, -0.15) is 5.10 Å². The van der Waals surface area contributed by atoms with Gasteiger partial charge in [-0.15, -0.1) is 0 Å². The Morgan fingerprint density at radius 1 is 1.26 bits per heavy atom. The molecule has 23 heavy (non-hydrogen) atoms. The molecule has 120 valence electrons. The fourth-order valence-corrected chi connectivity index (χ4v) is 2.48. The number of nitrogens with one attached hydrogen (secondary N) is 2. The molecule has 0 saturated heterocycles. The SMILES string of the molecule is CCn1ccc2ccc(NC(=O)Nc3cnn(CCO)c3)cc21. The number of rotatable bonds is 5. The first kappa shape index (κ1) is 15.1. The average molecular weight is 313 g/mol. The second kappa shape index (κ2) is 6.53. The molecule has 1 aromatic carbocycles. The number of benzene rings is 1. The smallest absolute Gasteiger partial charge is 0.323 e. The molecule has 0 atom stereocenters. The lowest BCUT2D eigenvalue weighted by Gasteiger charge is -2.07. The largest absolute Gasteiger partial charge is 0.394 e. The van der Waals surface area contributed by atoms with Gasteiger partial charge in [0.2, 0.25) is 0 Å². The van der Waals surface area contributed by atoms with Crippen molar-refractivity contribution in [3.05, 3.63) is 42.9 Å². The molecule has 0 radical (unpaired) electrons. The molecular weight excluding hydrogens is 294 g/mol. The molecule has 0 bridgehead atoms. The van der Waals surface area contributed by atoms with Gasteiger partial charge in [0.15, 0.2) is 0 Å². The van der Waals surface area contributed by atoms with Crippen molar-refractivity contribution in [3.8, 4) is 0 Å². The van der Waals surface area contributed by atoms with E-state index in [4.69, 9.17) is 5.11 Å². The maximum atomic E-state index is 12.1. The van der Waals surface area contributed by atoms with Crippen LogP contribution in [0.4, 0.5) is 16.2 Å². The van der Waals surface area contributed by atoms with E-state index >= 15 is 0 Å². The standard InChI is InChI=1S/C16H19N5O2/c1-2-20-6-5-12-3-4-13(9-15(12)20)18-16(23)19-14-10-17-21(11-14)7-8-22/h3-6,9-11,22H,2,7-8H2,1H3,(H2,18,19,23). The zero-order valence-electron chi connectivity index (χ0n) is 12.9. The van der Waals surface area contributed by atoms with Gasteiger partial charge in [-0.05, 0) is 30.5 Å². The number of nitrogens with zero attached hydrogens (tertiary/aromatic N) is 3. The highest BCUT2D eigenvalue weighted by Gasteiger charge is 2.07. The lowest BCUT2D eigenvalue weighted by molar-refractivity contribution is 0.262. The Labute approximate surface area is 133 Å². The van der Waals surface area contributed by atoms with Crippen LogP contribution in [0.5, 0.6) is 0 Å². The first-order chi connectivity index (χ1) is 11.2. The summed E-state index contributed by atoms with van der Waals surface area (Å²) in [6.45, 7) is 3.36. The van der Waals surface area contributed by atoms with Crippen molar-refractivity contribution >= 4 is 28.3 Å². The van der Waals surface area contributed by atoms with E-state index in [9.17, 15) is 4.79 Å². The molecule has 7 heteroatoms. The molecule has 0 saturated carbocycles. The van der Waals surface area contributed by atoms with E-state index in [1.54, 1.807) is 17.1 Å². The number of hydrogen-bond acceptors (Lipinski definition) is 3. The number of aliphatic hydroxyl groups is 1. The number of carbonyl (C=O) groups excluding carboxylic acids is 1. The number of anilines is 2. The lowest BCUT2D eigenvalue weighted by atomic mass is 10.2. The van der Waals surface area contributed by atoms with Gasteiger partial charge in [0, 0.05) is 24.6 Å². The lowest BCUT2D eigenvalue weighted by Crippen LogP contribution is -2.19. The Bertz CT molecular complexity index is 821. The second-order valence-electron chi connectivity index (χ2n) is 5.17. The van der Waals surface area contributed by atoms with Gasteiger partial charge in [0.05, 0.1) is 30.6 Å². The van der Waals surface area contributed by atoms with Gasteiger partial charge in [0.1, 0.15) is 0 Å². The summed E-state index contributed by atoms with van der Waals surface area (Å²) >= 11 is 0. The molecule has 0 fully saturated rings. The van der Waals surface area contributed by atoms with Crippen LogP contribution in [0.2, 0.25) is 0 Å². The maximum Gasteiger partial charge on any atom is 0.323 e. The Hall–Kier alpha value is -2.80. The molecule has 0 aliphatic rings. The topological polar surface area (TPSA) is 84.1 Å². The predicted octanol–water partition coefficient (Wildman–Crippen LogP) is 2.49. The Kier molecular flexibility index (Phi) is 4.29. The number of aryl methyl sites for hydroxylation is 1. The van der Waals surface area contributed by atoms with E-state index in [1.807, 2.05) is 24.4 Å². The minimum atomic E-state index is -0.331. The molecule has 3 rings (SSSR count). The van der Waals surface area contributed by atoms with Crippen molar-refractivity contribution in [2.24, 2.45) is 0 Å². The molecule has 0 unspecified atom stereocenters. The molecule has 3 N–H and O–H groups in total. The zero-order valence-corrected chi connectivity index (χ0v) is 12.9. The number of fused-ring (bicyclic) bond motifs is 1. The Morgan fingerprint density at radius 2 is 2.09 bits per heavy atom. The summed E-state index contributed by atoms with van der Waals surface area (Å²) in [5, 5.41) is 19.6. The molecule has 7 nitrogen and oxygen atoms in total. The van der Waals surface area contributed by atoms with Crippen molar-refractivity contribution in [1.29, 1.82) is 0 Å². The highest BCUT2D eigenvalue weighted by Crippen LogP contribution is 2.20. The van der Waals surface area contributed by atoms with Crippen LogP contribution in [-0.4, -0.2) is 32.1 Å². The van der Waals surface area contributed by atoms with Crippen LogP contribution in [0.1, 0.15) is 6.92 Å². The van der Waals surface area contributed by atoms with E-state index in [1.165, 1.54) is 0 Å². The highest BCUT2D eigenvalue weighted by molar-refractivity contribution is 6.00. The minimum absolute atomic E-state index is 0.00437. The summed E-state index contributed by atoms with van der Waals surface area (Å²) in [7, 11) is 0. The monoisotopic (exact) mass is 313 g/mol. The molecule has 3 aromatic rings. The van der Waals surface area contributed by atoms with Crippen molar-refractivity contribution in [2.75, 3.05) is 17.2 Å². The first-order valence-corrected chi connectivity index (χ1v) is 7.50. The molecule has 0 aliphatic heterocycles. The Morgan fingerprint density at radius 3 is 2.87 bits per heavy atom. The zero-order chi connectivity index (χ0) is 16.2. The number of carbonyl (C=O) groups is 1. The third kappa shape index (κ3) is 3.35. The van der Waals surface area contributed by atoms with Crippen molar-refractivity contribution < 1.29 is 9.90 Å². The van der Waals surface area contributed by atoms with Crippen molar-refractivity contribution in [1.82, 2.24) is 14.3 Å². The van der Waals surface area contributed by atoms with E-state index in [2.05, 4.69) is 33.3 Å². The summed E-state index contributed by atoms with van der Waals surface area (Å²) in [4.78, 5) is 12.1. The molecule has 2 amide bonds. The highest BCUT2D eigenvalue weighted by atomic mass is 16.3. The van der Waals surface area contributed by atoms with Crippen LogP contribution in [0.3, 0.4) is 0 Å². The normalized spacial score (nSPS) is 10.9. The van der Waals surface area contributed by atoms with Crippen LogP contribution < -0.4 is 10.6 Å². The number of aromatic nitrogens is 3. The van der Waals surface area contributed by atoms with Crippen LogP contribution in [0.15, 0.2) is 42.9 Å². The number of urea groups is 1. The molecule has 0 aliphatic carbocycles. The summed E-state index contributed by atoms with van der Waals surface area (Å²) < 4.78 is 3.69. The fourth-order valence-electron chi connectivity index (χ4n) is 2.48. The molecule has 2 aromatic heterocycles. The fraction of sp³-hybridized carbons (Fsp3) is 0.250. The van der Waals surface area contributed by atoms with Gasteiger partial charge in [-0.1, -0.05) is 6.07 Å². The maximum absolute atomic E-state index is 12.1. The van der Waals surface area contributed by atoms with E-state index in [-0.39, 0.29) is 12.6 Å². The third-order valence-corrected chi connectivity index (χ3v) is 3.59. The molecule has 0 spiro atoms. The quantitative estimate of drug-likeness (QED) is 0.676. The van der Waals surface area contributed by atoms with E-state index in [0.717, 1.165) is 23.1 Å². The van der Waals surface area contributed by atoms with E-state index in [0.29, 0.717) is 12.2 Å². The third-order valence-electron chi connectivity index (χ3n) is 3.59. The van der Waals surface area contributed by atoms with Gasteiger partial charge in [0.25, 0.3) is 0 Å². The summed E-state index contributed by atoms with van der Waals surface area (Å²) in [6, 6.07) is 7.53. The second-order valence-corrected chi connectivity index (χ2v) is 5.17. The Balaban J connectivity index is 1.69. The summed E-state index contributed by atoms with van der Waals surface area (Å²) in [5.74, 6) is 0. The van der Waals surface area contributed by atoms with Gasteiger partial charge < -0.3 is 20.3 Å². The van der Waals surface area contributed by atoms with Gasteiger partial charge in [-0.3, -0.25) is 4.68 Å². The number of hydrogen-bond donors (Lipinski definition) is 3. The van der Waals surface area contributed by atoms with Gasteiger partial charge >= 0.3 is 6.03 Å². The summed E-state index contributed by atoms with van der Waals surface area (Å²) in [6.07, 6.45) is 5.24. The summed E-state index contributed by atoms with van der Waals surface area (Å²) in [5.41, 5.74) is 2.39. The van der Waals surface area contributed by atoms with Crippen molar-refractivity contribution in [3.63, 3.8) is 0 Å². The number of amides is 2. The van der Waals surface area contributed by atoms with Crippen molar-refractivity contribution in [2.45, 2.75) is 20.0 Å². The number of aliphatic hydroxyl groups excluding tert-OH is 1. The first-order valence-electron chi connectivity index (χ1n) is 7.50. The van der Waals surface area contributed by atoms with Crippen LogP contribution in [-0.2, 0) is 13.1 Å². The van der Waals surface area contributed by atoms with Crippen LogP contribution in [0, 0.1) is 0 Å². The average Bonchev–Trinajstić information content (AvgIpc) is 3.13. The van der Waals surface area contributed by atoms with Crippen LogP contribution >= 0.6 is 0 Å². The minimum Gasteiger partial charge on any atom is -0.394 e. The van der Waals surface area contributed by atoms with E-state index < -0.39 is 0 Å². The molecular formula is C16H19N5O2. The molecule has 2 heterocycles. The predicted molar refractivity (Wildman–Crippen MR) is 89.6 cm³/mol. The van der Waals surface area contributed by atoms with Gasteiger partial charge in [-0.25, -0.2) is 4.79 Å².